The third kappa shape index (κ3) is 4.16. The first kappa shape index (κ1) is 13.1. The Labute approximate surface area is 118 Å². The number of halogens is 1. The molecule has 1 heterocycles. The lowest BCUT2D eigenvalue weighted by Crippen LogP contribution is -2.34. The summed E-state index contributed by atoms with van der Waals surface area (Å²) < 4.78 is 1.04. The predicted octanol–water partition coefficient (Wildman–Crippen LogP) is 3.51. The van der Waals surface area contributed by atoms with Gasteiger partial charge in [0, 0.05) is 15.9 Å². The molecule has 2 amide bonds. The molecule has 1 aromatic heterocycles. The molecule has 0 saturated heterocycles. The molecule has 0 saturated carbocycles. The molecular weight excluding hydrogens is 312 g/mol. The van der Waals surface area contributed by atoms with E-state index in [2.05, 4.69) is 26.6 Å². The van der Waals surface area contributed by atoms with Crippen molar-refractivity contribution in [3.8, 4) is 0 Å². The fourth-order valence-electron chi connectivity index (χ4n) is 1.43. The van der Waals surface area contributed by atoms with E-state index in [9.17, 15) is 4.79 Å². The van der Waals surface area contributed by atoms with Crippen LogP contribution in [0, 0.1) is 0 Å². The van der Waals surface area contributed by atoms with Gasteiger partial charge < -0.3 is 10.6 Å². The van der Waals surface area contributed by atoms with Crippen LogP contribution in [0.3, 0.4) is 0 Å². The Morgan fingerprint density at radius 3 is 2.50 bits per heavy atom. The number of carbonyl (C=O) groups excluding carboxylic acids is 1. The number of nitrogens with one attached hydrogen (secondary N) is 2. The number of urea groups is 1. The number of rotatable bonds is 4. The highest BCUT2D eigenvalue weighted by Gasteiger charge is 2.01. The molecule has 2 rings (SSSR count). The van der Waals surface area contributed by atoms with Gasteiger partial charge in [-0.05, 0) is 29.1 Å². The largest absolute Gasteiger partial charge is 0.334 e. The molecule has 18 heavy (non-hydrogen) atoms. The average molecular weight is 325 g/mol. The second-order valence-electron chi connectivity index (χ2n) is 3.74. The molecule has 2 N–H and O–H groups in total. The standard InChI is InChI=1S/C13H13BrN2OS/c14-11-5-3-10(4-6-11)8-15-13(17)16-9-12-2-1-7-18-12/h1-7H,8-9H2,(H2,15,16,17). The van der Waals surface area contributed by atoms with Gasteiger partial charge in [-0.2, -0.15) is 0 Å². The molecule has 0 aliphatic rings. The van der Waals surface area contributed by atoms with E-state index in [1.807, 2.05) is 41.8 Å². The minimum Gasteiger partial charge on any atom is -0.334 e. The summed E-state index contributed by atoms with van der Waals surface area (Å²) in [6.07, 6.45) is 0. The summed E-state index contributed by atoms with van der Waals surface area (Å²) in [6.45, 7) is 1.10. The average Bonchev–Trinajstić information content (AvgIpc) is 2.89. The van der Waals surface area contributed by atoms with Crippen molar-refractivity contribution < 1.29 is 4.79 Å². The van der Waals surface area contributed by atoms with Gasteiger partial charge in [0.15, 0.2) is 0 Å². The van der Waals surface area contributed by atoms with Gasteiger partial charge in [0.25, 0.3) is 0 Å². The highest BCUT2D eigenvalue weighted by atomic mass is 79.9. The van der Waals surface area contributed by atoms with Gasteiger partial charge in [0.1, 0.15) is 0 Å². The third-order valence-corrected chi connectivity index (χ3v) is 3.77. The molecule has 0 fully saturated rings. The van der Waals surface area contributed by atoms with Crippen LogP contribution in [-0.4, -0.2) is 6.03 Å². The summed E-state index contributed by atoms with van der Waals surface area (Å²) in [4.78, 5) is 12.7. The summed E-state index contributed by atoms with van der Waals surface area (Å²) in [5.41, 5.74) is 1.07. The van der Waals surface area contributed by atoms with E-state index in [1.54, 1.807) is 11.3 Å². The van der Waals surface area contributed by atoms with E-state index >= 15 is 0 Å². The first-order valence-corrected chi connectivity index (χ1v) is 7.20. The lowest BCUT2D eigenvalue weighted by molar-refractivity contribution is 0.240. The Kier molecular flexibility index (Phi) is 4.78. The summed E-state index contributed by atoms with van der Waals surface area (Å²) in [5.74, 6) is 0. The lowest BCUT2D eigenvalue weighted by atomic mass is 10.2. The van der Waals surface area contributed by atoms with E-state index in [-0.39, 0.29) is 6.03 Å². The number of hydrogen-bond donors (Lipinski definition) is 2. The van der Waals surface area contributed by atoms with Gasteiger partial charge in [-0.15, -0.1) is 11.3 Å². The van der Waals surface area contributed by atoms with Crippen LogP contribution in [0.2, 0.25) is 0 Å². The topological polar surface area (TPSA) is 41.1 Å². The fourth-order valence-corrected chi connectivity index (χ4v) is 2.34. The van der Waals surface area contributed by atoms with Crippen LogP contribution in [0.15, 0.2) is 46.3 Å². The summed E-state index contributed by atoms with van der Waals surface area (Å²) in [7, 11) is 0. The minimum atomic E-state index is -0.147. The van der Waals surface area contributed by atoms with Crippen LogP contribution >= 0.6 is 27.3 Å². The SMILES string of the molecule is O=C(NCc1ccc(Br)cc1)NCc1cccs1. The summed E-state index contributed by atoms with van der Waals surface area (Å²) >= 11 is 5.01. The molecular formula is C13H13BrN2OS. The Morgan fingerprint density at radius 2 is 1.83 bits per heavy atom. The number of amides is 2. The minimum absolute atomic E-state index is 0.147. The van der Waals surface area contributed by atoms with Gasteiger partial charge in [0.2, 0.25) is 0 Å². The van der Waals surface area contributed by atoms with E-state index in [4.69, 9.17) is 0 Å². The molecule has 0 aliphatic heterocycles. The summed E-state index contributed by atoms with van der Waals surface area (Å²) in [5, 5.41) is 7.63. The van der Waals surface area contributed by atoms with Crippen LogP contribution in [0.1, 0.15) is 10.4 Å². The Morgan fingerprint density at radius 1 is 1.11 bits per heavy atom. The molecule has 0 bridgehead atoms. The highest BCUT2D eigenvalue weighted by Crippen LogP contribution is 2.10. The Hall–Kier alpha value is -1.33. The number of hydrogen-bond acceptors (Lipinski definition) is 2. The lowest BCUT2D eigenvalue weighted by Gasteiger charge is -2.06. The first-order chi connectivity index (χ1) is 8.74. The van der Waals surface area contributed by atoms with Gasteiger partial charge in [-0.3, -0.25) is 0 Å². The van der Waals surface area contributed by atoms with E-state index < -0.39 is 0 Å². The maximum absolute atomic E-state index is 11.6. The monoisotopic (exact) mass is 324 g/mol. The zero-order valence-electron chi connectivity index (χ0n) is 9.65. The van der Waals surface area contributed by atoms with E-state index in [0.717, 1.165) is 14.9 Å². The molecule has 0 radical (unpaired) electrons. The van der Waals surface area contributed by atoms with Crippen LogP contribution in [0.25, 0.3) is 0 Å². The fraction of sp³-hybridized carbons (Fsp3) is 0.154. The molecule has 94 valence electrons. The third-order valence-electron chi connectivity index (χ3n) is 2.37. The molecule has 0 atom stereocenters. The van der Waals surface area contributed by atoms with Crippen LogP contribution in [0.5, 0.6) is 0 Å². The van der Waals surface area contributed by atoms with Crippen molar-refractivity contribution in [3.05, 3.63) is 56.7 Å². The number of carbonyl (C=O) groups is 1. The smallest absolute Gasteiger partial charge is 0.315 e. The molecule has 0 unspecified atom stereocenters. The highest BCUT2D eigenvalue weighted by molar-refractivity contribution is 9.10. The van der Waals surface area contributed by atoms with Crippen molar-refractivity contribution in [3.63, 3.8) is 0 Å². The molecule has 2 aromatic rings. The zero-order chi connectivity index (χ0) is 12.8. The second kappa shape index (κ2) is 6.56. The maximum atomic E-state index is 11.6. The quantitative estimate of drug-likeness (QED) is 0.887. The molecule has 0 spiro atoms. The molecule has 3 nitrogen and oxygen atoms in total. The van der Waals surface area contributed by atoms with Crippen molar-refractivity contribution in [2.45, 2.75) is 13.1 Å². The maximum Gasteiger partial charge on any atom is 0.315 e. The van der Waals surface area contributed by atoms with Crippen molar-refractivity contribution in [1.82, 2.24) is 10.6 Å². The normalized spacial score (nSPS) is 10.1. The van der Waals surface area contributed by atoms with E-state index in [1.165, 1.54) is 0 Å². The van der Waals surface area contributed by atoms with Crippen molar-refractivity contribution in [2.24, 2.45) is 0 Å². The van der Waals surface area contributed by atoms with Crippen molar-refractivity contribution in [2.75, 3.05) is 0 Å². The van der Waals surface area contributed by atoms with Gasteiger partial charge in [0.05, 0.1) is 6.54 Å². The van der Waals surface area contributed by atoms with Crippen LogP contribution < -0.4 is 10.6 Å². The van der Waals surface area contributed by atoms with Gasteiger partial charge >= 0.3 is 6.03 Å². The van der Waals surface area contributed by atoms with Gasteiger partial charge in [-0.25, -0.2) is 4.79 Å². The number of benzene rings is 1. The summed E-state index contributed by atoms with van der Waals surface area (Å²) in [6, 6.07) is 11.7. The molecule has 1 aromatic carbocycles. The second-order valence-corrected chi connectivity index (χ2v) is 5.69. The van der Waals surface area contributed by atoms with Gasteiger partial charge in [-0.1, -0.05) is 34.1 Å². The van der Waals surface area contributed by atoms with Crippen LogP contribution in [-0.2, 0) is 13.1 Å². The van der Waals surface area contributed by atoms with E-state index in [0.29, 0.717) is 13.1 Å². The molecule has 5 heteroatoms. The van der Waals surface area contributed by atoms with Crippen molar-refractivity contribution in [1.29, 1.82) is 0 Å². The number of thiophene rings is 1. The predicted molar refractivity (Wildman–Crippen MR) is 77.5 cm³/mol. The zero-order valence-corrected chi connectivity index (χ0v) is 12.1. The van der Waals surface area contributed by atoms with Crippen molar-refractivity contribution >= 4 is 33.3 Å². The molecule has 0 aliphatic carbocycles. The van der Waals surface area contributed by atoms with Crippen LogP contribution in [0.4, 0.5) is 4.79 Å². The Bertz CT molecular complexity index is 496. The Balaban J connectivity index is 1.73. The first-order valence-electron chi connectivity index (χ1n) is 5.52.